The highest BCUT2D eigenvalue weighted by molar-refractivity contribution is 6.30. The Balaban J connectivity index is 2.02. The zero-order valence-electron chi connectivity index (χ0n) is 14.7. The van der Waals surface area contributed by atoms with Gasteiger partial charge in [-0.1, -0.05) is 23.7 Å². The molecule has 7 nitrogen and oxygen atoms in total. The summed E-state index contributed by atoms with van der Waals surface area (Å²) in [6.07, 6.45) is 0. The van der Waals surface area contributed by atoms with Crippen molar-refractivity contribution in [1.29, 1.82) is 0 Å². The number of nitro benzene ring substituents is 1. The van der Waals surface area contributed by atoms with Crippen LogP contribution in [0.4, 0.5) is 11.4 Å². The standard InChI is InChI=1S/C18H20ClN3O4/c1-18(2,12-4-6-13(19)7-5-12)20-11-17(23)21-15-9-8-14(22(24)25)10-16(15)26-3/h4-10,20H,11H2,1-3H3,(H,21,23). The van der Waals surface area contributed by atoms with Crippen LogP contribution in [0.25, 0.3) is 0 Å². The number of anilines is 1. The second-order valence-electron chi connectivity index (χ2n) is 6.18. The van der Waals surface area contributed by atoms with Gasteiger partial charge >= 0.3 is 0 Å². The first-order valence-corrected chi connectivity index (χ1v) is 8.24. The molecule has 0 heterocycles. The number of methoxy groups -OCH3 is 1. The summed E-state index contributed by atoms with van der Waals surface area (Å²) in [5.41, 5.74) is 0.806. The first-order chi connectivity index (χ1) is 12.2. The van der Waals surface area contributed by atoms with Crippen LogP contribution >= 0.6 is 11.6 Å². The Kier molecular flexibility index (Phi) is 6.18. The quantitative estimate of drug-likeness (QED) is 0.566. The van der Waals surface area contributed by atoms with E-state index < -0.39 is 10.5 Å². The highest BCUT2D eigenvalue weighted by atomic mass is 35.5. The molecule has 138 valence electrons. The topological polar surface area (TPSA) is 93.5 Å². The van der Waals surface area contributed by atoms with E-state index in [1.807, 2.05) is 26.0 Å². The van der Waals surface area contributed by atoms with Gasteiger partial charge in [0.05, 0.1) is 30.3 Å². The molecule has 1 amide bonds. The second kappa shape index (κ2) is 8.16. The third-order valence-corrected chi connectivity index (χ3v) is 4.18. The average Bonchev–Trinajstić information content (AvgIpc) is 2.60. The lowest BCUT2D eigenvalue weighted by Crippen LogP contribution is -2.41. The summed E-state index contributed by atoms with van der Waals surface area (Å²) in [5.74, 6) is -0.0660. The van der Waals surface area contributed by atoms with Gasteiger partial charge in [-0.3, -0.25) is 20.2 Å². The van der Waals surface area contributed by atoms with Gasteiger partial charge in [0, 0.05) is 16.6 Å². The smallest absolute Gasteiger partial charge is 0.273 e. The Morgan fingerprint density at radius 2 is 1.88 bits per heavy atom. The Morgan fingerprint density at radius 1 is 1.23 bits per heavy atom. The highest BCUT2D eigenvalue weighted by Crippen LogP contribution is 2.29. The molecule has 0 aromatic heterocycles. The van der Waals surface area contributed by atoms with Gasteiger partial charge in [0.25, 0.3) is 5.69 Å². The first-order valence-electron chi connectivity index (χ1n) is 7.86. The van der Waals surface area contributed by atoms with E-state index in [4.69, 9.17) is 16.3 Å². The van der Waals surface area contributed by atoms with E-state index in [1.165, 1.54) is 25.3 Å². The fourth-order valence-electron chi connectivity index (χ4n) is 2.36. The van der Waals surface area contributed by atoms with E-state index in [1.54, 1.807) is 12.1 Å². The van der Waals surface area contributed by atoms with Crippen molar-refractivity contribution in [3.8, 4) is 5.75 Å². The average molecular weight is 378 g/mol. The van der Waals surface area contributed by atoms with Crippen molar-refractivity contribution >= 4 is 28.9 Å². The molecule has 0 saturated heterocycles. The minimum absolute atomic E-state index is 0.0514. The molecular formula is C18H20ClN3O4. The molecule has 2 aromatic rings. The highest BCUT2D eigenvalue weighted by Gasteiger charge is 2.21. The SMILES string of the molecule is COc1cc([N+](=O)[O-])ccc1NC(=O)CNC(C)(C)c1ccc(Cl)cc1. The molecule has 0 unspecified atom stereocenters. The largest absolute Gasteiger partial charge is 0.494 e. The molecule has 0 radical (unpaired) electrons. The predicted octanol–water partition coefficient (Wildman–Crippen LogP) is 3.72. The zero-order chi connectivity index (χ0) is 19.3. The van der Waals surface area contributed by atoms with E-state index >= 15 is 0 Å². The second-order valence-corrected chi connectivity index (χ2v) is 6.61. The van der Waals surface area contributed by atoms with Gasteiger partial charge in [-0.2, -0.15) is 0 Å². The van der Waals surface area contributed by atoms with Crippen LogP contribution in [-0.2, 0) is 10.3 Å². The molecule has 2 N–H and O–H groups in total. The summed E-state index contributed by atoms with van der Waals surface area (Å²) in [6, 6.07) is 11.4. The van der Waals surface area contributed by atoms with Crippen LogP contribution in [0, 0.1) is 10.1 Å². The van der Waals surface area contributed by atoms with Gasteiger partial charge in [-0.15, -0.1) is 0 Å². The minimum Gasteiger partial charge on any atom is -0.494 e. The molecule has 0 bridgehead atoms. The van der Waals surface area contributed by atoms with E-state index in [-0.39, 0.29) is 23.9 Å². The van der Waals surface area contributed by atoms with Crippen LogP contribution in [-0.4, -0.2) is 24.5 Å². The van der Waals surface area contributed by atoms with Crippen LogP contribution in [0.3, 0.4) is 0 Å². The maximum absolute atomic E-state index is 12.2. The van der Waals surface area contributed by atoms with Crippen LogP contribution < -0.4 is 15.4 Å². The van der Waals surface area contributed by atoms with Gasteiger partial charge < -0.3 is 10.1 Å². The van der Waals surface area contributed by atoms with Crippen molar-refractivity contribution in [3.05, 3.63) is 63.2 Å². The number of nitro groups is 1. The van der Waals surface area contributed by atoms with Gasteiger partial charge in [0.15, 0.2) is 0 Å². The first kappa shape index (κ1) is 19.7. The molecular weight excluding hydrogens is 358 g/mol. The Bertz CT molecular complexity index is 807. The summed E-state index contributed by atoms with van der Waals surface area (Å²) in [7, 11) is 1.39. The number of rotatable bonds is 7. The summed E-state index contributed by atoms with van der Waals surface area (Å²) in [6.45, 7) is 3.96. The van der Waals surface area contributed by atoms with Crippen molar-refractivity contribution < 1.29 is 14.5 Å². The maximum Gasteiger partial charge on any atom is 0.273 e. The van der Waals surface area contributed by atoms with E-state index in [0.717, 1.165) is 5.56 Å². The van der Waals surface area contributed by atoms with Crippen molar-refractivity contribution in [2.45, 2.75) is 19.4 Å². The number of nitrogens with zero attached hydrogens (tertiary/aromatic N) is 1. The fourth-order valence-corrected chi connectivity index (χ4v) is 2.49. The Hall–Kier alpha value is -2.64. The minimum atomic E-state index is -0.523. The van der Waals surface area contributed by atoms with E-state index in [2.05, 4.69) is 10.6 Å². The molecule has 0 aliphatic carbocycles. The fraction of sp³-hybridized carbons (Fsp3) is 0.278. The summed E-state index contributed by atoms with van der Waals surface area (Å²) < 4.78 is 5.11. The number of non-ortho nitro benzene ring substituents is 1. The van der Waals surface area contributed by atoms with Gasteiger partial charge in [-0.05, 0) is 37.6 Å². The number of carbonyl (C=O) groups excluding carboxylic acids is 1. The number of nitrogens with one attached hydrogen (secondary N) is 2. The van der Waals surface area contributed by atoms with Crippen LogP contribution in [0.1, 0.15) is 19.4 Å². The Morgan fingerprint density at radius 3 is 2.46 bits per heavy atom. The monoisotopic (exact) mass is 377 g/mol. The molecule has 0 aliphatic rings. The molecule has 0 aliphatic heterocycles. The molecule has 0 fully saturated rings. The van der Waals surface area contributed by atoms with E-state index in [0.29, 0.717) is 10.7 Å². The molecule has 0 saturated carbocycles. The predicted molar refractivity (Wildman–Crippen MR) is 101 cm³/mol. The van der Waals surface area contributed by atoms with Gasteiger partial charge in [0.2, 0.25) is 5.91 Å². The summed E-state index contributed by atoms with van der Waals surface area (Å²) in [5, 5.41) is 17.3. The maximum atomic E-state index is 12.2. The molecule has 26 heavy (non-hydrogen) atoms. The van der Waals surface area contributed by atoms with Crippen molar-refractivity contribution in [1.82, 2.24) is 5.32 Å². The molecule has 0 spiro atoms. The number of hydrogen-bond acceptors (Lipinski definition) is 5. The third-order valence-electron chi connectivity index (χ3n) is 3.93. The van der Waals surface area contributed by atoms with Crippen molar-refractivity contribution in [2.24, 2.45) is 0 Å². The molecule has 2 aromatic carbocycles. The number of benzene rings is 2. The number of halogens is 1. The lowest BCUT2D eigenvalue weighted by Gasteiger charge is -2.27. The summed E-state index contributed by atoms with van der Waals surface area (Å²) >= 11 is 5.90. The zero-order valence-corrected chi connectivity index (χ0v) is 15.5. The molecule has 0 atom stereocenters. The lowest BCUT2D eigenvalue weighted by molar-refractivity contribution is -0.384. The molecule has 8 heteroatoms. The van der Waals surface area contributed by atoms with Gasteiger partial charge in [-0.25, -0.2) is 0 Å². The van der Waals surface area contributed by atoms with Crippen LogP contribution in [0.2, 0.25) is 5.02 Å². The van der Waals surface area contributed by atoms with E-state index in [9.17, 15) is 14.9 Å². The third kappa shape index (κ3) is 4.93. The van der Waals surface area contributed by atoms with Gasteiger partial charge in [0.1, 0.15) is 5.75 Å². The number of ether oxygens (including phenoxy) is 1. The number of amides is 1. The number of carbonyl (C=O) groups is 1. The molecule has 2 rings (SSSR count). The van der Waals surface area contributed by atoms with Crippen LogP contribution in [0.5, 0.6) is 5.75 Å². The van der Waals surface area contributed by atoms with Crippen molar-refractivity contribution in [2.75, 3.05) is 19.0 Å². The summed E-state index contributed by atoms with van der Waals surface area (Å²) in [4.78, 5) is 22.5. The normalized spacial score (nSPS) is 11.1. The lowest BCUT2D eigenvalue weighted by atomic mass is 9.94. The number of hydrogen-bond donors (Lipinski definition) is 2. The van der Waals surface area contributed by atoms with Crippen LogP contribution in [0.15, 0.2) is 42.5 Å². The van der Waals surface area contributed by atoms with Crippen molar-refractivity contribution in [3.63, 3.8) is 0 Å². The Labute approximate surface area is 156 Å².